The highest BCUT2D eigenvalue weighted by atomic mass is 16.5. The van der Waals surface area contributed by atoms with Gasteiger partial charge < -0.3 is 10.1 Å². The highest BCUT2D eigenvalue weighted by Crippen LogP contribution is 1.99. The van der Waals surface area contributed by atoms with Crippen molar-refractivity contribution in [2.45, 2.75) is 26.9 Å². The largest absolute Gasteiger partial charge is 0.454 e. The summed E-state index contributed by atoms with van der Waals surface area (Å²) in [6, 6.07) is 10.5. The van der Waals surface area contributed by atoms with Crippen LogP contribution in [-0.4, -0.2) is 34.2 Å². The quantitative estimate of drug-likeness (QED) is 0.674. The Morgan fingerprint density at radius 3 is 2.48 bits per heavy atom. The molecule has 0 bridgehead atoms. The van der Waals surface area contributed by atoms with Crippen LogP contribution < -0.4 is 16.6 Å². The van der Waals surface area contributed by atoms with Crippen LogP contribution in [0.25, 0.3) is 0 Å². The summed E-state index contributed by atoms with van der Waals surface area (Å²) >= 11 is 0. The Morgan fingerprint density at radius 2 is 1.81 bits per heavy atom. The van der Waals surface area contributed by atoms with Gasteiger partial charge in [0.15, 0.2) is 6.61 Å². The fourth-order valence-corrected chi connectivity index (χ4v) is 2.29. The summed E-state index contributed by atoms with van der Waals surface area (Å²) in [6.45, 7) is 3.62. The van der Waals surface area contributed by atoms with Crippen molar-refractivity contribution < 1.29 is 14.3 Å². The maximum Gasteiger partial charge on any atom is 0.331 e. The molecule has 1 heterocycles. The van der Waals surface area contributed by atoms with Crippen molar-refractivity contribution in [3.8, 4) is 0 Å². The van der Waals surface area contributed by atoms with Gasteiger partial charge in [0.2, 0.25) is 0 Å². The van der Waals surface area contributed by atoms with Gasteiger partial charge in [-0.2, -0.15) is 0 Å². The van der Waals surface area contributed by atoms with E-state index < -0.39 is 36.3 Å². The Morgan fingerprint density at radius 1 is 1.11 bits per heavy atom. The average Bonchev–Trinajstić information content (AvgIpc) is 2.65. The summed E-state index contributed by atoms with van der Waals surface area (Å²) < 4.78 is 6.97. The molecule has 0 radical (unpaired) electrons. The first-order chi connectivity index (χ1) is 12.9. The Hall–Kier alpha value is -3.16. The van der Waals surface area contributed by atoms with Crippen molar-refractivity contribution in [2.75, 3.05) is 13.2 Å². The van der Waals surface area contributed by atoms with Crippen molar-refractivity contribution in [3.05, 3.63) is 69.0 Å². The van der Waals surface area contributed by atoms with Crippen molar-refractivity contribution >= 4 is 11.9 Å². The molecule has 0 spiro atoms. The first-order valence-electron chi connectivity index (χ1n) is 8.63. The van der Waals surface area contributed by atoms with Gasteiger partial charge in [-0.25, -0.2) is 9.36 Å². The summed E-state index contributed by atoms with van der Waals surface area (Å²) in [7, 11) is 0. The molecule has 0 saturated carbocycles. The molecule has 0 aliphatic carbocycles. The van der Waals surface area contributed by atoms with Gasteiger partial charge in [-0.3, -0.25) is 19.0 Å². The van der Waals surface area contributed by atoms with E-state index in [9.17, 15) is 19.2 Å². The number of hydrogen-bond acceptors (Lipinski definition) is 5. The maximum atomic E-state index is 12.5. The van der Waals surface area contributed by atoms with Crippen LogP contribution >= 0.6 is 0 Å². The second-order valence-electron chi connectivity index (χ2n) is 6.49. The molecule has 2 rings (SSSR count). The number of aromatic nitrogens is 2. The number of carbonyl (C=O) groups is 2. The Labute approximate surface area is 156 Å². The minimum absolute atomic E-state index is 0.270. The van der Waals surface area contributed by atoms with Gasteiger partial charge in [-0.1, -0.05) is 44.2 Å². The average molecular weight is 373 g/mol. The number of rotatable bonds is 8. The van der Waals surface area contributed by atoms with E-state index in [0.717, 1.165) is 10.1 Å². The van der Waals surface area contributed by atoms with Crippen LogP contribution in [0.4, 0.5) is 0 Å². The summed E-state index contributed by atoms with van der Waals surface area (Å²) in [5, 5.41) is 2.61. The maximum absolute atomic E-state index is 12.5. The summed E-state index contributed by atoms with van der Waals surface area (Å²) in [5.41, 5.74) is -0.340. The van der Waals surface area contributed by atoms with E-state index in [-0.39, 0.29) is 12.5 Å². The van der Waals surface area contributed by atoms with Crippen LogP contribution in [0.3, 0.4) is 0 Å². The predicted molar refractivity (Wildman–Crippen MR) is 99.3 cm³/mol. The topological polar surface area (TPSA) is 99.4 Å². The molecule has 0 unspecified atom stereocenters. The fraction of sp³-hybridized carbons (Fsp3) is 0.368. The van der Waals surface area contributed by atoms with Crippen molar-refractivity contribution in [3.63, 3.8) is 0 Å². The highest BCUT2D eigenvalue weighted by Gasteiger charge is 2.13. The molecule has 2 aromatic rings. The van der Waals surface area contributed by atoms with Gasteiger partial charge in [0.25, 0.3) is 11.5 Å². The van der Waals surface area contributed by atoms with E-state index in [0.29, 0.717) is 6.54 Å². The lowest BCUT2D eigenvalue weighted by Crippen LogP contribution is -2.41. The lowest BCUT2D eigenvalue weighted by molar-refractivity contribution is -0.149. The van der Waals surface area contributed by atoms with Crippen LogP contribution in [0, 0.1) is 5.92 Å². The number of amides is 1. The first kappa shape index (κ1) is 20.2. The summed E-state index contributed by atoms with van der Waals surface area (Å²) in [6.07, 6.45) is 1.39. The lowest BCUT2D eigenvalue weighted by Gasteiger charge is -2.11. The van der Waals surface area contributed by atoms with Gasteiger partial charge in [-0.05, 0) is 11.5 Å². The minimum Gasteiger partial charge on any atom is -0.454 e. The second kappa shape index (κ2) is 9.51. The van der Waals surface area contributed by atoms with Crippen LogP contribution in [0.1, 0.15) is 19.4 Å². The lowest BCUT2D eigenvalue weighted by atomic mass is 10.2. The molecule has 0 aliphatic heterocycles. The SMILES string of the molecule is CC(C)CNC(=O)COC(=O)Cn1c(=O)ccn(Cc2ccccc2)c1=O. The molecule has 8 heteroatoms. The Balaban J connectivity index is 2.02. The molecule has 0 fully saturated rings. The molecule has 8 nitrogen and oxygen atoms in total. The first-order valence-corrected chi connectivity index (χ1v) is 8.63. The van der Waals surface area contributed by atoms with E-state index in [1.165, 1.54) is 16.8 Å². The zero-order valence-corrected chi connectivity index (χ0v) is 15.4. The number of hydrogen-bond donors (Lipinski definition) is 1. The van der Waals surface area contributed by atoms with Gasteiger partial charge >= 0.3 is 11.7 Å². The van der Waals surface area contributed by atoms with Crippen molar-refractivity contribution in [1.29, 1.82) is 0 Å². The van der Waals surface area contributed by atoms with Crippen LogP contribution in [-0.2, 0) is 27.4 Å². The number of benzene rings is 1. The third-order valence-electron chi connectivity index (χ3n) is 3.69. The van der Waals surface area contributed by atoms with Crippen LogP contribution in [0.5, 0.6) is 0 Å². The van der Waals surface area contributed by atoms with Gasteiger partial charge in [0.05, 0.1) is 6.54 Å². The highest BCUT2D eigenvalue weighted by molar-refractivity contribution is 5.80. The summed E-state index contributed by atoms with van der Waals surface area (Å²) in [4.78, 5) is 47.9. The molecule has 0 saturated heterocycles. The molecule has 1 aromatic heterocycles. The zero-order valence-electron chi connectivity index (χ0n) is 15.4. The monoisotopic (exact) mass is 373 g/mol. The van der Waals surface area contributed by atoms with Crippen LogP contribution in [0.2, 0.25) is 0 Å². The number of nitrogens with one attached hydrogen (secondary N) is 1. The molecule has 0 atom stereocenters. The third-order valence-corrected chi connectivity index (χ3v) is 3.69. The number of carbonyl (C=O) groups excluding carboxylic acids is 2. The van der Waals surface area contributed by atoms with Crippen molar-refractivity contribution in [1.82, 2.24) is 14.5 Å². The van der Waals surface area contributed by atoms with E-state index in [1.807, 2.05) is 44.2 Å². The molecule has 27 heavy (non-hydrogen) atoms. The Kier molecular flexibility index (Phi) is 7.10. The summed E-state index contributed by atoms with van der Waals surface area (Å²) in [5.74, 6) is -0.985. The fourth-order valence-electron chi connectivity index (χ4n) is 2.29. The van der Waals surface area contributed by atoms with Gasteiger partial charge in [0.1, 0.15) is 6.54 Å². The van der Waals surface area contributed by atoms with E-state index in [4.69, 9.17) is 4.74 Å². The number of esters is 1. The minimum atomic E-state index is -0.827. The smallest absolute Gasteiger partial charge is 0.331 e. The zero-order chi connectivity index (χ0) is 19.8. The van der Waals surface area contributed by atoms with Gasteiger partial charge in [0, 0.05) is 18.8 Å². The number of ether oxygens (including phenoxy) is 1. The molecule has 0 aliphatic rings. The predicted octanol–water partition coefficient (Wildman–Crippen LogP) is 0.374. The standard InChI is InChI=1S/C19H23N3O5/c1-14(2)10-20-16(23)13-27-18(25)12-22-17(24)8-9-21(19(22)26)11-15-6-4-3-5-7-15/h3-9,14H,10-13H2,1-2H3,(H,20,23). The molecule has 1 amide bonds. The van der Waals surface area contributed by atoms with E-state index in [2.05, 4.69) is 5.32 Å². The second-order valence-corrected chi connectivity index (χ2v) is 6.49. The molecule has 1 N–H and O–H groups in total. The van der Waals surface area contributed by atoms with Gasteiger partial charge in [-0.15, -0.1) is 0 Å². The molecular formula is C19H23N3O5. The van der Waals surface area contributed by atoms with E-state index >= 15 is 0 Å². The molecule has 1 aromatic carbocycles. The molecule has 144 valence electrons. The number of nitrogens with zero attached hydrogens (tertiary/aromatic N) is 2. The van der Waals surface area contributed by atoms with Crippen molar-refractivity contribution in [2.24, 2.45) is 5.92 Å². The van der Waals surface area contributed by atoms with Crippen LogP contribution in [0.15, 0.2) is 52.2 Å². The molecular weight excluding hydrogens is 350 g/mol. The Bertz CT molecular complexity index is 900. The van der Waals surface area contributed by atoms with E-state index in [1.54, 1.807) is 0 Å². The normalized spacial score (nSPS) is 10.6. The third kappa shape index (κ3) is 6.25.